The maximum absolute atomic E-state index is 14.3. The largest absolute Gasteiger partial charge is 0.478 e. The minimum absolute atomic E-state index is 0. The molecule has 4 nitrogen and oxygen atoms in total. The number of fused-ring (bicyclic) bond motifs is 2. The SMILES string of the molecule is Cc1c(C(=O)O)cccc1C1Nc2ccccc2CC1CCCN[C@H](C)c1ccc(F)c2ccccc12.Cl. The van der Waals surface area contributed by atoms with Crippen LogP contribution in [0, 0.1) is 18.7 Å². The van der Waals surface area contributed by atoms with Gasteiger partial charge >= 0.3 is 5.97 Å². The zero-order valence-corrected chi connectivity index (χ0v) is 22.5. The quantitative estimate of drug-likeness (QED) is 0.202. The Morgan fingerprint density at radius 3 is 2.55 bits per heavy atom. The van der Waals surface area contributed by atoms with Gasteiger partial charge in [-0.15, -0.1) is 12.4 Å². The molecule has 0 saturated carbocycles. The minimum atomic E-state index is -0.890. The molecule has 0 amide bonds. The fraction of sp³-hybridized carbons (Fsp3) is 0.281. The number of aromatic carboxylic acids is 1. The van der Waals surface area contributed by atoms with E-state index in [1.54, 1.807) is 12.1 Å². The summed E-state index contributed by atoms with van der Waals surface area (Å²) in [4.78, 5) is 11.8. The van der Waals surface area contributed by atoms with Crippen LogP contribution in [0.2, 0.25) is 0 Å². The van der Waals surface area contributed by atoms with Gasteiger partial charge in [0.15, 0.2) is 0 Å². The summed E-state index contributed by atoms with van der Waals surface area (Å²) in [5.41, 5.74) is 5.77. The Labute approximate surface area is 229 Å². The monoisotopic (exact) mass is 532 g/mol. The molecule has 3 N–H and O–H groups in total. The molecule has 3 atom stereocenters. The zero-order valence-electron chi connectivity index (χ0n) is 21.7. The predicted octanol–water partition coefficient (Wildman–Crippen LogP) is 7.86. The van der Waals surface area contributed by atoms with Gasteiger partial charge in [0.25, 0.3) is 0 Å². The number of para-hydroxylation sites is 1. The number of benzene rings is 4. The predicted molar refractivity (Wildman–Crippen MR) is 155 cm³/mol. The van der Waals surface area contributed by atoms with Crippen LogP contribution in [0.5, 0.6) is 0 Å². The van der Waals surface area contributed by atoms with E-state index in [-0.39, 0.29) is 30.3 Å². The first-order valence-corrected chi connectivity index (χ1v) is 13.0. The van der Waals surface area contributed by atoms with Crippen LogP contribution in [0.1, 0.15) is 64.5 Å². The Hall–Kier alpha value is -3.41. The summed E-state index contributed by atoms with van der Waals surface area (Å²) in [5, 5.41) is 18.6. The fourth-order valence-corrected chi connectivity index (χ4v) is 5.80. The van der Waals surface area contributed by atoms with E-state index in [2.05, 4.69) is 41.8 Å². The second kappa shape index (κ2) is 12.0. The van der Waals surface area contributed by atoms with Gasteiger partial charge in [0.1, 0.15) is 5.82 Å². The first kappa shape index (κ1) is 27.6. The van der Waals surface area contributed by atoms with E-state index in [9.17, 15) is 14.3 Å². The molecular weight excluding hydrogens is 499 g/mol. The molecule has 0 aliphatic carbocycles. The van der Waals surface area contributed by atoms with E-state index in [1.165, 1.54) is 5.56 Å². The van der Waals surface area contributed by atoms with Gasteiger partial charge in [-0.05, 0) is 91.4 Å². The lowest BCUT2D eigenvalue weighted by Gasteiger charge is -2.36. The molecule has 2 unspecified atom stereocenters. The number of nitrogens with one attached hydrogen (secondary N) is 2. The molecule has 0 bridgehead atoms. The van der Waals surface area contributed by atoms with Crippen LogP contribution in [-0.2, 0) is 6.42 Å². The molecule has 1 heterocycles. The minimum Gasteiger partial charge on any atom is -0.478 e. The number of halogens is 2. The van der Waals surface area contributed by atoms with Crippen molar-refractivity contribution in [2.24, 2.45) is 5.92 Å². The van der Waals surface area contributed by atoms with Gasteiger partial charge in [-0.1, -0.05) is 60.7 Å². The molecule has 4 aromatic rings. The van der Waals surface area contributed by atoms with E-state index in [1.807, 2.05) is 49.4 Å². The second-order valence-electron chi connectivity index (χ2n) is 10.1. The summed E-state index contributed by atoms with van der Waals surface area (Å²) in [7, 11) is 0. The highest BCUT2D eigenvalue weighted by atomic mass is 35.5. The van der Waals surface area contributed by atoms with Crippen molar-refractivity contribution in [1.29, 1.82) is 0 Å². The van der Waals surface area contributed by atoms with Crippen LogP contribution in [0.3, 0.4) is 0 Å². The Kier molecular flexibility index (Phi) is 8.70. The van der Waals surface area contributed by atoms with Gasteiger partial charge in [0.05, 0.1) is 11.6 Å². The number of carbonyl (C=O) groups is 1. The third-order valence-electron chi connectivity index (χ3n) is 7.80. The van der Waals surface area contributed by atoms with E-state index in [0.29, 0.717) is 16.9 Å². The third-order valence-corrected chi connectivity index (χ3v) is 7.80. The first-order chi connectivity index (χ1) is 17.9. The number of hydrogen-bond acceptors (Lipinski definition) is 3. The molecule has 1 aliphatic rings. The summed E-state index contributed by atoms with van der Waals surface area (Å²) in [6.07, 6.45) is 2.92. The molecule has 38 heavy (non-hydrogen) atoms. The summed E-state index contributed by atoms with van der Waals surface area (Å²) < 4.78 is 14.3. The van der Waals surface area contributed by atoms with Crippen LogP contribution in [-0.4, -0.2) is 17.6 Å². The van der Waals surface area contributed by atoms with Crippen LogP contribution in [0.15, 0.2) is 78.9 Å². The second-order valence-corrected chi connectivity index (χ2v) is 10.1. The molecule has 0 aromatic heterocycles. The zero-order chi connectivity index (χ0) is 25.9. The van der Waals surface area contributed by atoms with Crippen LogP contribution in [0.4, 0.5) is 10.1 Å². The molecular formula is C32H34ClFN2O2. The Morgan fingerprint density at radius 2 is 1.76 bits per heavy atom. The molecule has 6 heteroatoms. The van der Waals surface area contributed by atoms with E-state index in [0.717, 1.165) is 53.6 Å². The lowest BCUT2D eigenvalue weighted by Crippen LogP contribution is -2.30. The summed E-state index contributed by atoms with van der Waals surface area (Å²) in [5.74, 6) is -0.745. The smallest absolute Gasteiger partial charge is 0.335 e. The molecule has 0 radical (unpaired) electrons. The molecule has 0 saturated heterocycles. The van der Waals surface area contributed by atoms with Gasteiger partial charge in [0.2, 0.25) is 0 Å². The lowest BCUT2D eigenvalue weighted by atomic mass is 9.79. The van der Waals surface area contributed by atoms with Crippen LogP contribution in [0.25, 0.3) is 10.8 Å². The summed E-state index contributed by atoms with van der Waals surface area (Å²) >= 11 is 0. The number of anilines is 1. The molecule has 1 aliphatic heterocycles. The standard InChI is InChI=1S/C32H33FN2O2.ClH/c1-20-24(13-7-14-25(20)32(36)37)31-23(19-22-9-3-6-15-30(22)35-31)10-8-18-34-21(2)26-16-17-29(33)28-12-5-4-11-27(26)28;/h3-7,9,11-17,21,23,31,34-35H,8,10,18-19H2,1-2H3,(H,36,37);1H/t21-,23?,31?;/m1./s1. The molecule has 198 valence electrons. The van der Waals surface area contributed by atoms with Crippen molar-refractivity contribution in [3.8, 4) is 0 Å². The van der Waals surface area contributed by atoms with E-state index in [4.69, 9.17) is 0 Å². The summed E-state index contributed by atoms with van der Waals surface area (Å²) in [6.45, 7) is 4.88. The van der Waals surface area contributed by atoms with Crippen molar-refractivity contribution < 1.29 is 14.3 Å². The normalized spacial score (nSPS) is 17.2. The molecule has 0 fully saturated rings. The topological polar surface area (TPSA) is 61.4 Å². The maximum Gasteiger partial charge on any atom is 0.335 e. The first-order valence-electron chi connectivity index (χ1n) is 13.0. The number of carboxylic acids is 1. The highest BCUT2D eigenvalue weighted by Crippen LogP contribution is 2.40. The molecule has 4 aromatic carbocycles. The summed E-state index contributed by atoms with van der Waals surface area (Å²) in [6, 6.07) is 25.2. The van der Waals surface area contributed by atoms with Gasteiger partial charge in [-0.3, -0.25) is 0 Å². The van der Waals surface area contributed by atoms with Gasteiger partial charge in [-0.25, -0.2) is 9.18 Å². The van der Waals surface area contributed by atoms with Gasteiger partial charge in [0, 0.05) is 17.1 Å². The Bertz CT molecular complexity index is 1440. The van der Waals surface area contributed by atoms with Crippen LogP contribution < -0.4 is 10.6 Å². The van der Waals surface area contributed by atoms with Crippen molar-refractivity contribution in [2.45, 2.75) is 45.2 Å². The third kappa shape index (κ3) is 5.54. The highest BCUT2D eigenvalue weighted by Gasteiger charge is 2.30. The van der Waals surface area contributed by atoms with Crippen molar-refractivity contribution >= 4 is 34.8 Å². The van der Waals surface area contributed by atoms with Crippen LogP contribution >= 0.6 is 12.4 Å². The molecule has 0 spiro atoms. The Balaban J connectivity index is 0.00000336. The van der Waals surface area contributed by atoms with Gasteiger partial charge in [-0.2, -0.15) is 0 Å². The van der Waals surface area contributed by atoms with Gasteiger partial charge < -0.3 is 15.7 Å². The maximum atomic E-state index is 14.3. The van der Waals surface area contributed by atoms with Crippen molar-refractivity contribution in [1.82, 2.24) is 5.32 Å². The number of carboxylic acid groups (broad SMARTS) is 1. The lowest BCUT2D eigenvalue weighted by molar-refractivity contribution is 0.0696. The molecule has 5 rings (SSSR count). The number of hydrogen-bond donors (Lipinski definition) is 3. The van der Waals surface area contributed by atoms with E-state index < -0.39 is 5.97 Å². The Morgan fingerprint density at radius 1 is 1.03 bits per heavy atom. The van der Waals surface area contributed by atoms with Crippen molar-refractivity contribution in [3.63, 3.8) is 0 Å². The van der Waals surface area contributed by atoms with Crippen molar-refractivity contribution in [3.05, 3.63) is 112 Å². The number of rotatable bonds is 8. The fourth-order valence-electron chi connectivity index (χ4n) is 5.80. The average molecular weight is 533 g/mol. The average Bonchev–Trinajstić information content (AvgIpc) is 2.91. The van der Waals surface area contributed by atoms with E-state index >= 15 is 0 Å². The highest BCUT2D eigenvalue weighted by molar-refractivity contribution is 5.90. The van der Waals surface area contributed by atoms with Crippen molar-refractivity contribution in [2.75, 3.05) is 11.9 Å².